The minimum absolute atomic E-state index is 0.134. The molecule has 102 valence electrons. The molecule has 2 aromatic heterocycles. The highest BCUT2D eigenvalue weighted by molar-refractivity contribution is 7.87. The summed E-state index contributed by atoms with van der Waals surface area (Å²) >= 11 is 0. The summed E-state index contributed by atoms with van der Waals surface area (Å²) in [5.41, 5.74) is -0.650. The lowest BCUT2D eigenvalue weighted by molar-refractivity contribution is 0.0914. The molecule has 1 N–H and O–H groups in total. The van der Waals surface area contributed by atoms with Crippen molar-refractivity contribution in [3.8, 4) is 0 Å². The first-order valence-corrected chi connectivity index (χ1v) is 6.63. The number of fused-ring (bicyclic) bond motifs is 1. The molecule has 0 saturated heterocycles. The Morgan fingerprint density at radius 3 is 2.58 bits per heavy atom. The van der Waals surface area contributed by atoms with E-state index in [1.54, 1.807) is 7.05 Å². The Morgan fingerprint density at radius 2 is 2.00 bits per heavy atom. The van der Waals surface area contributed by atoms with Crippen LogP contribution in [0.4, 0.5) is 0 Å². The van der Waals surface area contributed by atoms with Gasteiger partial charge in [-0.2, -0.15) is 13.4 Å². The van der Waals surface area contributed by atoms with E-state index in [1.165, 1.54) is 10.9 Å². The summed E-state index contributed by atoms with van der Waals surface area (Å²) in [6.07, 6.45) is 2.26. The highest BCUT2D eigenvalue weighted by Crippen LogP contribution is 2.09. The van der Waals surface area contributed by atoms with Crippen molar-refractivity contribution in [2.24, 2.45) is 7.05 Å². The fourth-order valence-corrected chi connectivity index (χ4v) is 1.91. The van der Waals surface area contributed by atoms with Crippen LogP contribution in [0.15, 0.2) is 17.4 Å². The van der Waals surface area contributed by atoms with Gasteiger partial charge >= 0.3 is 0 Å². The van der Waals surface area contributed by atoms with E-state index < -0.39 is 26.8 Å². The van der Waals surface area contributed by atoms with Crippen molar-refractivity contribution in [3.63, 3.8) is 0 Å². The molecule has 2 rings (SSSR count). The lowest BCUT2D eigenvalue weighted by Gasteiger charge is -2.07. The second kappa shape index (κ2) is 4.24. The molecule has 10 heteroatoms. The SMILES string of the molecule is CC(C(=O)n1cnc2c1c(=O)ncn2C)S(=O)(=O)O. The maximum absolute atomic E-state index is 11.9. The van der Waals surface area contributed by atoms with Crippen molar-refractivity contribution in [1.29, 1.82) is 0 Å². The Labute approximate surface area is 107 Å². The summed E-state index contributed by atoms with van der Waals surface area (Å²) in [5.74, 6) is -0.977. The summed E-state index contributed by atoms with van der Waals surface area (Å²) < 4.78 is 33.0. The molecule has 0 bridgehead atoms. The van der Waals surface area contributed by atoms with Gasteiger partial charge in [0.25, 0.3) is 21.6 Å². The predicted molar refractivity (Wildman–Crippen MR) is 64.4 cm³/mol. The first kappa shape index (κ1) is 13.4. The molecule has 1 atom stereocenters. The zero-order valence-corrected chi connectivity index (χ0v) is 10.8. The van der Waals surface area contributed by atoms with Gasteiger partial charge in [0, 0.05) is 7.05 Å². The molecule has 2 aromatic rings. The van der Waals surface area contributed by atoms with E-state index in [0.29, 0.717) is 0 Å². The van der Waals surface area contributed by atoms with Crippen LogP contribution in [0.1, 0.15) is 11.7 Å². The zero-order valence-electron chi connectivity index (χ0n) is 10.0. The number of carbonyl (C=O) groups is 1. The predicted octanol–water partition coefficient (Wildman–Crippen LogP) is -0.953. The summed E-state index contributed by atoms with van der Waals surface area (Å²) in [7, 11) is -2.97. The number of rotatable bonds is 2. The van der Waals surface area contributed by atoms with Gasteiger partial charge in [0.15, 0.2) is 16.4 Å². The maximum Gasteiger partial charge on any atom is 0.299 e. The van der Waals surface area contributed by atoms with Crippen LogP contribution in [0.2, 0.25) is 0 Å². The Hall–Kier alpha value is -2.07. The normalized spacial score (nSPS) is 13.6. The number of carbonyl (C=O) groups excluding carboxylic acids is 1. The van der Waals surface area contributed by atoms with Crippen molar-refractivity contribution in [1.82, 2.24) is 19.1 Å². The van der Waals surface area contributed by atoms with Crippen molar-refractivity contribution in [2.75, 3.05) is 0 Å². The van der Waals surface area contributed by atoms with Crippen LogP contribution in [0.3, 0.4) is 0 Å². The van der Waals surface area contributed by atoms with Gasteiger partial charge in [-0.05, 0) is 6.92 Å². The number of nitrogens with zero attached hydrogens (tertiary/aromatic N) is 4. The van der Waals surface area contributed by atoms with E-state index in [2.05, 4.69) is 9.97 Å². The smallest absolute Gasteiger partial charge is 0.299 e. The van der Waals surface area contributed by atoms with Gasteiger partial charge in [-0.3, -0.25) is 18.7 Å². The Morgan fingerprint density at radius 1 is 1.37 bits per heavy atom. The fourth-order valence-electron chi connectivity index (χ4n) is 1.54. The molecule has 0 radical (unpaired) electrons. The average molecular weight is 286 g/mol. The molecule has 0 spiro atoms. The number of aryl methyl sites for hydroxylation is 1. The van der Waals surface area contributed by atoms with Crippen molar-refractivity contribution >= 4 is 27.2 Å². The lowest BCUT2D eigenvalue weighted by atomic mass is 10.4. The van der Waals surface area contributed by atoms with E-state index in [4.69, 9.17) is 4.55 Å². The number of aromatic nitrogens is 4. The molecule has 0 aliphatic heterocycles. The van der Waals surface area contributed by atoms with Crippen LogP contribution in [0.5, 0.6) is 0 Å². The summed E-state index contributed by atoms with van der Waals surface area (Å²) in [6.45, 7) is 1.02. The molecule has 2 heterocycles. The Bertz CT molecular complexity index is 819. The first-order valence-electron chi connectivity index (χ1n) is 5.12. The number of hydrogen-bond acceptors (Lipinski definition) is 6. The second-order valence-electron chi connectivity index (χ2n) is 3.94. The van der Waals surface area contributed by atoms with E-state index in [1.807, 2.05) is 0 Å². The molecule has 9 nitrogen and oxygen atoms in total. The molecular weight excluding hydrogens is 276 g/mol. The van der Waals surface area contributed by atoms with E-state index in [0.717, 1.165) is 17.8 Å². The topological polar surface area (TPSA) is 124 Å². The lowest BCUT2D eigenvalue weighted by Crippen LogP contribution is -2.32. The monoisotopic (exact) mass is 286 g/mol. The van der Waals surface area contributed by atoms with Crippen LogP contribution in [-0.4, -0.2) is 43.2 Å². The molecule has 19 heavy (non-hydrogen) atoms. The quantitative estimate of drug-likeness (QED) is 0.705. The molecule has 0 aromatic carbocycles. The fraction of sp³-hybridized carbons (Fsp3) is 0.333. The molecular formula is C9H10N4O5S. The maximum atomic E-state index is 11.9. The molecule has 0 aliphatic rings. The Kier molecular flexibility index (Phi) is 2.98. The van der Waals surface area contributed by atoms with Gasteiger partial charge < -0.3 is 4.57 Å². The van der Waals surface area contributed by atoms with Crippen LogP contribution >= 0.6 is 0 Å². The Balaban J connectivity index is 2.69. The van der Waals surface area contributed by atoms with Gasteiger partial charge in [0.2, 0.25) is 0 Å². The highest BCUT2D eigenvalue weighted by Gasteiger charge is 2.29. The standard InChI is InChI=1S/C9H10N4O5S/c1-5(19(16,17)18)9(15)13-4-10-7-6(13)8(14)11-3-12(7)2/h3-5H,1-2H3,(H,16,17,18). The van der Waals surface area contributed by atoms with Crippen molar-refractivity contribution < 1.29 is 17.8 Å². The third-order valence-corrected chi connectivity index (χ3v) is 3.76. The van der Waals surface area contributed by atoms with Gasteiger partial charge in [0.1, 0.15) is 12.7 Å². The average Bonchev–Trinajstić information content (AvgIpc) is 2.76. The van der Waals surface area contributed by atoms with Crippen LogP contribution in [0, 0.1) is 0 Å². The van der Waals surface area contributed by atoms with Crippen LogP contribution < -0.4 is 5.56 Å². The minimum atomic E-state index is -4.55. The summed E-state index contributed by atoms with van der Waals surface area (Å²) in [6, 6.07) is 0. The van der Waals surface area contributed by atoms with Crippen LogP contribution in [-0.2, 0) is 17.2 Å². The van der Waals surface area contributed by atoms with Gasteiger partial charge in [0.05, 0.1) is 0 Å². The number of imidazole rings is 1. The van der Waals surface area contributed by atoms with Crippen molar-refractivity contribution in [3.05, 3.63) is 23.0 Å². The largest absolute Gasteiger partial charge is 0.318 e. The minimum Gasteiger partial charge on any atom is -0.318 e. The zero-order chi connectivity index (χ0) is 14.4. The van der Waals surface area contributed by atoms with E-state index >= 15 is 0 Å². The summed E-state index contributed by atoms with van der Waals surface area (Å²) in [4.78, 5) is 31.0. The summed E-state index contributed by atoms with van der Waals surface area (Å²) in [5, 5.41) is -1.70. The molecule has 1 unspecified atom stereocenters. The van der Waals surface area contributed by atoms with E-state index in [9.17, 15) is 18.0 Å². The van der Waals surface area contributed by atoms with E-state index in [-0.39, 0.29) is 11.2 Å². The molecule has 0 fully saturated rings. The molecule has 0 aliphatic carbocycles. The second-order valence-corrected chi connectivity index (χ2v) is 5.68. The van der Waals surface area contributed by atoms with Gasteiger partial charge in [-0.25, -0.2) is 4.98 Å². The first-order chi connectivity index (χ1) is 8.73. The number of hydrogen-bond donors (Lipinski definition) is 1. The van der Waals surface area contributed by atoms with Gasteiger partial charge in [-0.1, -0.05) is 0 Å². The molecule has 0 saturated carbocycles. The van der Waals surface area contributed by atoms with Crippen molar-refractivity contribution in [2.45, 2.75) is 12.2 Å². The third-order valence-electron chi connectivity index (χ3n) is 2.67. The van der Waals surface area contributed by atoms with Crippen LogP contribution in [0.25, 0.3) is 11.2 Å². The van der Waals surface area contributed by atoms with Gasteiger partial charge in [-0.15, -0.1) is 0 Å². The third kappa shape index (κ3) is 2.15. The highest BCUT2D eigenvalue weighted by atomic mass is 32.2. The molecule has 0 amide bonds.